The number of aromatic nitrogens is 1. The monoisotopic (exact) mass is 333 g/mol. The summed E-state index contributed by atoms with van der Waals surface area (Å²) in [5.74, 6) is 1.68. The van der Waals surface area contributed by atoms with Crippen molar-refractivity contribution < 1.29 is 4.74 Å². The van der Waals surface area contributed by atoms with Gasteiger partial charge in [0.1, 0.15) is 5.82 Å². The molecule has 0 radical (unpaired) electrons. The van der Waals surface area contributed by atoms with Gasteiger partial charge in [0, 0.05) is 25.6 Å². The number of nitrogens with one attached hydrogen (secondary N) is 1. The number of anilines is 1. The lowest BCUT2D eigenvalue weighted by Crippen LogP contribution is -2.37. The van der Waals surface area contributed by atoms with Crippen molar-refractivity contribution in [1.29, 1.82) is 0 Å². The van der Waals surface area contributed by atoms with Gasteiger partial charge in [-0.15, -0.1) is 24.8 Å². The Labute approximate surface area is 139 Å². The number of hydrogen-bond donors (Lipinski definition) is 1. The highest BCUT2D eigenvalue weighted by Gasteiger charge is 2.21. The van der Waals surface area contributed by atoms with Crippen LogP contribution in [0.3, 0.4) is 0 Å². The van der Waals surface area contributed by atoms with Crippen molar-refractivity contribution in [3.8, 4) is 0 Å². The average Bonchev–Trinajstić information content (AvgIpc) is 2.69. The average molecular weight is 334 g/mol. The SMILES string of the molecule is CCC1CNCCc2ccc(N3CCOCC3)nc21.Cl.Cl. The molecule has 3 heterocycles. The van der Waals surface area contributed by atoms with Crippen LogP contribution in [0.2, 0.25) is 0 Å². The van der Waals surface area contributed by atoms with Gasteiger partial charge < -0.3 is 15.0 Å². The Morgan fingerprint density at radius 1 is 1.29 bits per heavy atom. The van der Waals surface area contributed by atoms with Crippen LogP contribution >= 0.6 is 24.8 Å². The molecule has 4 nitrogen and oxygen atoms in total. The Balaban J connectivity index is 0.00000110. The van der Waals surface area contributed by atoms with Crippen LogP contribution in [0.5, 0.6) is 0 Å². The van der Waals surface area contributed by atoms with Crippen molar-refractivity contribution in [3.05, 3.63) is 23.4 Å². The molecule has 0 aliphatic carbocycles. The second kappa shape index (κ2) is 8.79. The Kier molecular flexibility index (Phi) is 7.74. The van der Waals surface area contributed by atoms with Gasteiger partial charge in [-0.2, -0.15) is 0 Å². The molecule has 1 unspecified atom stereocenters. The van der Waals surface area contributed by atoms with E-state index in [1.807, 2.05) is 0 Å². The van der Waals surface area contributed by atoms with E-state index in [2.05, 4.69) is 29.3 Å². The van der Waals surface area contributed by atoms with E-state index >= 15 is 0 Å². The summed E-state index contributed by atoms with van der Waals surface area (Å²) in [7, 11) is 0. The minimum absolute atomic E-state index is 0. The largest absolute Gasteiger partial charge is 0.378 e. The van der Waals surface area contributed by atoms with Crippen LogP contribution in [0.15, 0.2) is 12.1 Å². The fraction of sp³-hybridized carbons (Fsp3) is 0.667. The highest BCUT2D eigenvalue weighted by atomic mass is 35.5. The van der Waals surface area contributed by atoms with E-state index in [0.717, 1.165) is 58.1 Å². The number of hydrogen-bond acceptors (Lipinski definition) is 4. The van der Waals surface area contributed by atoms with Crippen molar-refractivity contribution in [2.75, 3.05) is 44.3 Å². The molecule has 1 N–H and O–H groups in total. The van der Waals surface area contributed by atoms with Gasteiger partial charge in [-0.05, 0) is 31.0 Å². The quantitative estimate of drug-likeness (QED) is 0.901. The molecule has 21 heavy (non-hydrogen) atoms. The molecular formula is C15H25Cl2N3O. The summed E-state index contributed by atoms with van der Waals surface area (Å²) in [5.41, 5.74) is 2.74. The first kappa shape index (κ1) is 18.5. The summed E-state index contributed by atoms with van der Waals surface area (Å²) in [4.78, 5) is 7.32. The lowest BCUT2D eigenvalue weighted by molar-refractivity contribution is 0.122. The summed E-state index contributed by atoms with van der Waals surface area (Å²) < 4.78 is 5.42. The van der Waals surface area contributed by atoms with E-state index in [0.29, 0.717) is 5.92 Å². The van der Waals surface area contributed by atoms with Crippen molar-refractivity contribution >= 4 is 30.6 Å². The smallest absolute Gasteiger partial charge is 0.128 e. The second-order valence-electron chi connectivity index (χ2n) is 5.37. The number of pyridine rings is 1. The standard InChI is InChI=1S/C15H23N3O.2ClH/c1-2-12-11-16-6-5-13-3-4-14(17-15(12)13)18-7-9-19-10-8-18;;/h3-4,12,16H,2,5-11H2,1H3;2*1H. The first-order valence-electron chi connectivity index (χ1n) is 7.41. The molecular weight excluding hydrogens is 309 g/mol. The summed E-state index contributed by atoms with van der Waals surface area (Å²) in [5, 5.41) is 3.52. The molecule has 0 bridgehead atoms. The molecule has 1 atom stereocenters. The summed E-state index contributed by atoms with van der Waals surface area (Å²) >= 11 is 0. The van der Waals surface area contributed by atoms with E-state index in [4.69, 9.17) is 9.72 Å². The predicted octanol–water partition coefficient (Wildman–Crippen LogP) is 2.40. The molecule has 2 aliphatic rings. The number of ether oxygens (including phenoxy) is 1. The number of fused-ring (bicyclic) bond motifs is 1. The first-order chi connectivity index (χ1) is 9.38. The minimum Gasteiger partial charge on any atom is -0.378 e. The molecule has 120 valence electrons. The van der Waals surface area contributed by atoms with Crippen LogP contribution in [0, 0.1) is 0 Å². The molecule has 0 amide bonds. The Hall–Kier alpha value is -0.550. The van der Waals surface area contributed by atoms with Gasteiger partial charge in [0.25, 0.3) is 0 Å². The molecule has 1 aromatic heterocycles. The van der Waals surface area contributed by atoms with Gasteiger partial charge >= 0.3 is 0 Å². The van der Waals surface area contributed by atoms with Gasteiger partial charge in [0.15, 0.2) is 0 Å². The molecule has 1 fully saturated rings. The van der Waals surface area contributed by atoms with Crippen LogP contribution in [0.1, 0.15) is 30.5 Å². The number of morpholine rings is 1. The lowest BCUT2D eigenvalue weighted by atomic mass is 9.97. The number of nitrogens with zero attached hydrogens (tertiary/aromatic N) is 2. The van der Waals surface area contributed by atoms with E-state index < -0.39 is 0 Å². The van der Waals surface area contributed by atoms with Gasteiger partial charge in [0.2, 0.25) is 0 Å². The molecule has 1 saturated heterocycles. The Bertz CT molecular complexity index is 439. The number of halogens is 2. The predicted molar refractivity (Wildman–Crippen MR) is 91.4 cm³/mol. The Morgan fingerprint density at radius 2 is 2.05 bits per heavy atom. The van der Waals surface area contributed by atoms with Crippen LogP contribution in [-0.2, 0) is 11.2 Å². The van der Waals surface area contributed by atoms with Crippen molar-refractivity contribution in [2.24, 2.45) is 0 Å². The zero-order valence-electron chi connectivity index (χ0n) is 12.5. The molecule has 2 aliphatic heterocycles. The van der Waals surface area contributed by atoms with Crippen LogP contribution in [-0.4, -0.2) is 44.4 Å². The minimum atomic E-state index is 0. The van der Waals surface area contributed by atoms with E-state index in [1.165, 1.54) is 11.3 Å². The van der Waals surface area contributed by atoms with Gasteiger partial charge in [0.05, 0.1) is 18.9 Å². The van der Waals surface area contributed by atoms with E-state index in [1.54, 1.807) is 0 Å². The van der Waals surface area contributed by atoms with E-state index in [9.17, 15) is 0 Å². The van der Waals surface area contributed by atoms with Crippen LogP contribution in [0.25, 0.3) is 0 Å². The highest BCUT2D eigenvalue weighted by molar-refractivity contribution is 5.85. The first-order valence-corrected chi connectivity index (χ1v) is 7.41. The maximum absolute atomic E-state index is 5.42. The molecule has 6 heteroatoms. The zero-order valence-corrected chi connectivity index (χ0v) is 14.1. The van der Waals surface area contributed by atoms with Gasteiger partial charge in [-0.25, -0.2) is 4.98 Å². The zero-order chi connectivity index (χ0) is 13.1. The second-order valence-corrected chi connectivity index (χ2v) is 5.37. The summed E-state index contributed by atoms with van der Waals surface area (Å²) in [6, 6.07) is 4.46. The van der Waals surface area contributed by atoms with Crippen molar-refractivity contribution in [3.63, 3.8) is 0 Å². The van der Waals surface area contributed by atoms with Gasteiger partial charge in [-0.3, -0.25) is 0 Å². The fourth-order valence-corrected chi connectivity index (χ4v) is 2.96. The number of rotatable bonds is 2. The third kappa shape index (κ3) is 4.22. The third-order valence-electron chi connectivity index (χ3n) is 4.17. The molecule has 0 saturated carbocycles. The van der Waals surface area contributed by atoms with Crippen molar-refractivity contribution in [1.82, 2.24) is 10.3 Å². The maximum Gasteiger partial charge on any atom is 0.128 e. The summed E-state index contributed by atoms with van der Waals surface area (Å²) in [6.45, 7) is 7.94. The van der Waals surface area contributed by atoms with E-state index in [-0.39, 0.29) is 24.8 Å². The lowest BCUT2D eigenvalue weighted by Gasteiger charge is -2.29. The topological polar surface area (TPSA) is 37.4 Å². The van der Waals surface area contributed by atoms with Crippen LogP contribution in [0.4, 0.5) is 5.82 Å². The molecule has 0 aromatic carbocycles. The Morgan fingerprint density at radius 3 is 2.76 bits per heavy atom. The molecule has 0 spiro atoms. The molecule has 1 aromatic rings. The summed E-state index contributed by atoms with van der Waals surface area (Å²) in [6.07, 6.45) is 2.25. The fourth-order valence-electron chi connectivity index (χ4n) is 2.96. The van der Waals surface area contributed by atoms with Crippen LogP contribution < -0.4 is 10.2 Å². The highest BCUT2D eigenvalue weighted by Crippen LogP contribution is 2.26. The molecule has 3 rings (SSSR count). The van der Waals surface area contributed by atoms with Gasteiger partial charge in [-0.1, -0.05) is 13.0 Å². The maximum atomic E-state index is 5.42. The van der Waals surface area contributed by atoms with Crippen molar-refractivity contribution in [2.45, 2.75) is 25.7 Å². The third-order valence-corrected chi connectivity index (χ3v) is 4.17. The normalized spacial score (nSPS) is 21.6.